The fourth-order valence-corrected chi connectivity index (χ4v) is 2.52. The molecule has 2 unspecified atom stereocenters. The van der Waals surface area contributed by atoms with Crippen molar-refractivity contribution in [2.75, 3.05) is 17.7 Å². The van der Waals surface area contributed by atoms with E-state index in [9.17, 15) is 10.1 Å². The second kappa shape index (κ2) is 5.25. The molecule has 0 aliphatic heterocycles. The van der Waals surface area contributed by atoms with E-state index in [-0.39, 0.29) is 10.6 Å². The van der Waals surface area contributed by atoms with Crippen LogP contribution in [-0.2, 0) is 0 Å². The number of nitrogens with one attached hydrogen (secondary N) is 2. The van der Waals surface area contributed by atoms with Crippen LogP contribution in [0.2, 0.25) is 0 Å². The topological polar surface area (TPSA) is 67.2 Å². The highest BCUT2D eigenvalue weighted by Crippen LogP contribution is 2.30. The van der Waals surface area contributed by atoms with Crippen LogP contribution >= 0.6 is 0 Å². The highest BCUT2D eigenvalue weighted by Gasteiger charge is 2.23. The van der Waals surface area contributed by atoms with Crippen molar-refractivity contribution in [3.63, 3.8) is 0 Å². The van der Waals surface area contributed by atoms with Gasteiger partial charge in [-0.25, -0.2) is 0 Å². The van der Waals surface area contributed by atoms with Gasteiger partial charge in [0.15, 0.2) is 0 Å². The number of nitro benzene ring substituents is 1. The molecule has 1 fully saturated rings. The molecule has 0 heterocycles. The van der Waals surface area contributed by atoms with Crippen molar-refractivity contribution >= 4 is 17.1 Å². The van der Waals surface area contributed by atoms with Crippen LogP contribution in [0.1, 0.15) is 26.2 Å². The summed E-state index contributed by atoms with van der Waals surface area (Å²) >= 11 is 0. The Morgan fingerprint density at radius 2 is 2.00 bits per heavy atom. The zero-order valence-electron chi connectivity index (χ0n) is 10.8. The second-order valence-corrected chi connectivity index (χ2v) is 4.93. The molecule has 0 aromatic heterocycles. The largest absolute Gasteiger partial charge is 0.388 e. The van der Waals surface area contributed by atoms with Crippen molar-refractivity contribution in [1.29, 1.82) is 0 Å². The minimum Gasteiger partial charge on any atom is -0.388 e. The Hall–Kier alpha value is -1.78. The van der Waals surface area contributed by atoms with Gasteiger partial charge in [-0.05, 0) is 24.8 Å². The standard InChI is InChI=1S/C13H19N3O2/c1-9-4-3-5-13(9)15-11-6-10(14-2)7-12(8-11)16(17)18/h6-9,13-15H,3-5H2,1-2H3. The number of benzene rings is 1. The lowest BCUT2D eigenvalue weighted by atomic mass is 10.1. The molecule has 1 aliphatic carbocycles. The second-order valence-electron chi connectivity index (χ2n) is 4.93. The normalized spacial score (nSPS) is 22.8. The molecule has 5 heteroatoms. The number of non-ortho nitro benzene ring substituents is 1. The molecular formula is C13H19N3O2. The van der Waals surface area contributed by atoms with Gasteiger partial charge in [-0.2, -0.15) is 0 Å². The summed E-state index contributed by atoms with van der Waals surface area (Å²) in [5.74, 6) is 0.627. The lowest BCUT2D eigenvalue weighted by Gasteiger charge is -2.19. The monoisotopic (exact) mass is 249 g/mol. The van der Waals surface area contributed by atoms with E-state index in [0.717, 1.165) is 17.8 Å². The smallest absolute Gasteiger partial charge is 0.273 e. The predicted molar refractivity (Wildman–Crippen MR) is 73.1 cm³/mol. The third kappa shape index (κ3) is 2.72. The Bertz CT molecular complexity index is 448. The Morgan fingerprint density at radius 1 is 1.28 bits per heavy atom. The molecule has 2 N–H and O–H groups in total. The van der Waals surface area contributed by atoms with E-state index in [1.54, 1.807) is 19.2 Å². The summed E-state index contributed by atoms with van der Waals surface area (Å²) in [7, 11) is 1.76. The summed E-state index contributed by atoms with van der Waals surface area (Å²) in [5, 5.41) is 17.2. The van der Waals surface area contributed by atoms with Crippen molar-refractivity contribution in [1.82, 2.24) is 0 Å². The predicted octanol–water partition coefficient (Wildman–Crippen LogP) is 3.24. The first-order valence-corrected chi connectivity index (χ1v) is 6.34. The molecule has 0 bridgehead atoms. The Balaban J connectivity index is 2.21. The van der Waals surface area contributed by atoms with Crippen LogP contribution in [0.4, 0.5) is 17.1 Å². The van der Waals surface area contributed by atoms with Gasteiger partial charge >= 0.3 is 0 Å². The fraction of sp³-hybridized carbons (Fsp3) is 0.538. The summed E-state index contributed by atoms with van der Waals surface area (Å²) in [6, 6.07) is 5.49. The molecule has 1 aromatic rings. The first-order chi connectivity index (χ1) is 8.60. The van der Waals surface area contributed by atoms with E-state index in [4.69, 9.17) is 0 Å². The molecule has 5 nitrogen and oxygen atoms in total. The maximum Gasteiger partial charge on any atom is 0.273 e. The summed E-state index contributed by atoms with van der Waals surface area (Å²) in [6.07, 6.45) is 3.59. The van der Waals surface area contributed by atoms with Crippen LogP contribution in [0, 0.1) is 16.0 Å². The van der Waals surface area contributed by atoms with Crippen molar-refractivity contribution in [2.24, 2.45) is 5.92 Å². The van der Waals surface area contributed by atoms with Gasteiger partial charge in [-0.15, -0.1) is 0 Å². The third-order valence-electron chi connectivity index (χ3n) is 3.63. The molecule has 2 atom stereocenters. The van der Waals surface area contributed by atoms with E-state index >= 15 is 0 Å². The summed E-state index contributed by atoms with van der Waals surface area (Å²) in [6.45, 7) is 2.22. The van der Waals surface area contributed by atoms with Crippen LogP contribution < -0.4 is 10.6 Å². The van der Waals surface area contributed by atoms with Crippen LogP contribution in [0.15, 0.2) is 18.2 Å². The van der Waals surface area contributed by atoms with Crippen molar-refractivity contribution in [3.8, 4) is 0 Å². The first-order valence-electron chi connectivity index (χ1n) is 6.34. The van der Waals surface area contributed by atoms with E-state index in [0.29, 0.717) is 12.0 Å². The molecule has 18 heavy (non-hydrogen) atoms. The number of anilines is 2. The minimum absolute atomic E-state index is 0.120. The zero-order chi connectivity index (χ0) is 13.1. The van der Waals surface area contributed by atoms with E-state index in [1.165, 1.54) is 12.8 Å². The number of nitro groups is 1. The van der Waals surface area contributed by atoms with E-state index < -0.39 is 0 Å². The van der Waals surface area contributed by atoms with Crippen molar-refractivity contribution in [2.45, 2.75) is 32.2 Å². The van der Waals surface area contributed by atoms with Gasteiger partial charge in [-0.1, -0.05) is 13.3 Å². The molecule has 0 amide bonds. The Labute approximate surface area is 107 Å². The number of hydrogen-bond donors (Lipinski definition) is 2. The number of hydrogen-bond acceptors (Lipinski definition) is 4. The van der Waals surface area contributed by atoms with Crippen molar-refractivity contribution < 1.29 is 4.92 Å². The maximum absolute atomic E-state index is 10.9. The SMILES string of the molecule is CNc1cc(NC2CCCC2C)cc([N+](=O)[O-])c1. The Morgan fingerprint density at radius 3 is 2.56 bits per heavy atom. The fourth-order valence-electron chi connectivity index (χ4n) is 2.52. The Kier molecular flexibility index (Phi) is 3.69. The van der Waals surface area contributed by atoms with Gasteiger partial charge in [0, 0.05) is 36.6 Å². The molecular weight excluding hydrogens is 230 g/mol. The summed E-state index contributed by atoms with van der Waals surface area (Å²) in [5.41, 5.74) is 1.71. The molecule has 0 spiro atoms. The van der Waals surface area contributed by atoms with Gasteiger partial charge in [0.05, 0.1) is 4.92 Å². The van der Waals surface area contributed by atoms with Gasteiger partial charge in [0.2, 0.25) is 0 Å². The van der Waals surface area contributed by atoms with Crippen molar-refractivity contribution in [3.05, 3.63) is 28.3 Å². The van der Waals surface area contributed by atoms with Gasteiger partial charge in [0.1, 0.15) is 0 Å². The van der Waals surface area contributed by atoms with Gasteiger partial charge < -0.3 is 10.6 Å². The lowest BCUT2D eigenvalue weighted by Crippen LogP contribution is -2.21. The zero-order valence-corrected chi connectivity index (χ0v) is 10.8. The van der Waals surface area contributed by atoms with Crippen LogP contribution in [0.25, 0.3) is 0 Å². The third-order valence-corrected chi connectivity index (χ3v) is 3.63. The molecule has 2 rings (SSSR count). The first kappa shape index (κ1) is 12.7. The highest BCUT2D eigenvalue weighted by molar-refractivity contribution is 5.63. The van der Waals surface area contributed by atoms with E-state index in [1.807, 2.05) is 6.07 Å². The maximum atomic E-state index is 10.9. The van der Waals surface area contributed by atoms with E-state index in [2.05, 4.69) is 17.6 Å². The summed E-state index contributed by atoms with van der Waals surface area (Å²) < 4.78 is 0. The average Bonchev–Trinajstić information content (AvgIpc) is 2.74. The van der Waals surface area contributed by atoms with Crippen LogP contribution in [0.5, 0.6) is 0 Å². The summed E-state index contributed by atoms with van der Waals surface area (Å²) in [4.78, 5) is 10.5. The van der Waals surface area contributed by atoms with Gasteiger partial charge in [0.25, 0.3) is 5.69 Å². The molecule has 1 aromatic carbocycles. The number of nitrogens with zero attached hydrogens (tertiary/aromatic N) is 1. The quantitative estimate of drug-likeness (QED) is 0.635. The molecule has 1 saturated carbocycles. The molecule has 98 valence electrons. The van der Waals surface area contributed by atoms with Crippen LogP contribution in [-0.4, -0.2) is 18.0 Å². The molecule has 0 radical (unpaired) electrons. The minimum atomic E-state index is -0.357. The number of rotatable bonds is 4. The van der Waals surface area contributed by atoms with Crippen LogP contribution in [0.3, 0.4) is 0 Å². The average molecular weight is 249 g/mol. The van der Waals surface area contributed by atoms with Gasteiger partial charge in [-0.3, -0.25) is 10.1 Å². The highest BCUT2D eigenvalue weighted by atomic mass is 16.6. The molecule has 1 aliphatic rings. The molecule has 0 saturated heterocycles. The lowest BCUT2D eigenvalue weighted by molar-refractivity contribution is -0.384.